The maximum absolute atomic E-state index is 13.8. The molecular weight excluding hydrogens is 700 g/mol. The Balaban J connectivity index is 1.56. The first-order valence-electron chi connectivity index (χ1n) is 16.5. The highest BCUT2D eigenvalue weighted by Crippen LogP contribution is 2.42. The molecule has 0 aliphatic carbocycles. The maximum atomic E-state index is 13.8. The van der Waals surface area contributed by atoms with Crippen LogP contribution in [-0.2, 0) is 33.0 Å². The van der Waals surface area contributed by atoms with Crippen LogP contribution in [-0.4, -0.2) is 73.2 Å². The molecule has 2 aliphatic rings. The number of benzene rings is 1. The molecule has 5 rings (SSSR count). The van der Waals surface area contributed by atoms with Crippen LogP contribution in [0.2, 0.25) is 0 Å². The van der Waals surface area contributed by atoms with E-state index in [1.165, 1.54) is 25.9 Å². The zero-order valence-electron chi connectivity index (χ0n) is 28.9. The number of ether oxygens (including phenoxy) is 3. The summed E-state index contributed by atoms with van der Waals surface area (Å²) in [5, 5.41) is 12.8. The van der Waals surface area contributed by atoms with Gasteiger partial charge in [0, 0.05) is 37.2 Å². The van der Waals surface area contributed by atoms with Gasteiger partial charge in [0.2, 0.25) is 5.88 Å². The van der Waals surface area contributed by atoms with Gasteiger partial charge in [-0.25, -0.2) is 14.8 Å². The zero-order chi connectivity index (χ0) is 38.0. The molecule has 3 aromatic rings. The third kappa shape index (κ3) is 8.62. The van der Waals surface area contributed by atoms with Crippen LogP contribution in [0.3, 0.4) is 0 Å². The lowest BCUT2D eigenvalue weighted by Crippen LogP contribution is -2.47. The first-order chi connectivity index (χ1) is 24.4. The van der Waals surface area contributed by atoms with Gasteiger partial charge in [-0.3, -0.25) is 9.69 Å². The minimum Gasteiger partial charge on any atom is -0.481 e. The van der Waals surface area contributed by atoms with Gasteiger partial charge >= 0.3 is 24.4 Å². The van der Waals surface area contributed by atoms with Crippen molar-refractivity contribution < 1.29 is 55.2 Å². The number of methoxy groups -OCH3 is 1. The molecule has 2 N–H and O–H groups in total. The van der Waals surface area contributed by atoms with Gasteiger partial charge in [0.15, 0.2) is 0 Å². The molecule has 17 heteroatoms. The summed E-state index contributed by atoms with van der Waals surface area (Å²) in [4.78, 5) is 37.7. The Bertz CT molecular complexity index is 1750. The predicted octanol–water partition coefficient (Wildman–Crippen LogP) is 7.34. The quantitative estimate of drug-likeness (QED) is 0.204. The Kier molecular flexibility index (Phi) is 11.1. The number of hydrogen-bond acceptors (Lipinski definition) is 9. The lowest BCUT2D eigenvalue weighted by Gasteiger charge is -2.40. The largest absolute Gasteiger partial charge is 0.481 e. The van der Waals surface area contributed by atoms with Crippen molar-refractivity contribution in [3.8, 4) is 5.88 Å². The number of carboxylic acid groups (broad SMARTS) is 1. The summed E-state index contributed by atoms with van der Waals surface area (Å²) in [6, 6.07) is 5.17. The van der Waals surface area contributed by atoms with Crippen molar-refractivity contribution in [2.45, 2.75) is 64.5 Å². The van der Waals surface area contributed by atoms with Crippen LogP contribution in [0.15, 0.2) is 42.6 Å². The molecule has 0 bridgehead atoms. The van der Waals surface area contributed by atoms with E-state index in [4.69, 9.17) is 14.2 Å². The number of carboxylic acids is 1. The second-order valence-electron chi connectivity index (χ2n) is 13.3. The monoisotopic (exact) mass is 739 g/mol. The number of alkyl halides is 6. The number of rotatable bonds is 10. The number of hydrogen-bond donors (Lipinski definition) is 2. The van der Waals surface area contributed by atoms with Crippen LogP contribution in [0.1, 0.15) is 67.6 Å². The molecule has 282 valence electrons. The molecule has 2 aliphatic heterocycles. The number of carbonyl (C=O) groups excluding carboxylic acids is 1. The molecule has 11 nitrogen and oxygen atoms in total. The molecule has 1 saturated heterocycles. The second kappa shape index (κ2) is 15.0. The Morgan fingerprint density at radius 3 is 2.25 bits per heavy atom. The third-order valence-corrected chi connectivity index (χ3v) is 9.03. The number of fused-ring (bicyclic) bond motifs is 1. The molecule has 1 aromatic carbocycles. The third-order valence-electron chi connectivity index (χ3n) is 9.03. The van der Waals surface area contributed by atoms with Crippen LogP contribution >= 0.6 is 0 Å². The van der Waals surface area contributed by atoms with Gasteiger partial charge in [-0.15, -0.1) is 0 Å². The average Bonchev–Trinajstić information content (AvgIpc) is 3.10. The minimum atomic E-state index is -5.02. The van der Waals surface area contributed by atoms with Gasteiger partial charge in [0.1, 0.15) is 12.4 Å². The number of halogens is 6. The van der Waals surface area contributed by atoms with Gasteiger partial charge in [0.05, 0.1) is 66.2 Å². The topological polar surface area (TPSA) is 126 Å². The summed E-state index contributed by atoms with van der Waals surface area (Å²) >= 11 is 0. The van der Waals surface area contributed by atoms with Crippen molar-refractivity contribution in [2.75, 3.05) is 55.1 Å². The van der Waals surface area contributed by atoms with E-state index in [2.05, 4.69) is 15.3 Å². The summed E-state index contributed by atoms with van der Waals surface area (Å²) in [5.74, 6) is -0.747. The fraction of sp³-hybridized carbons (Fsp3) is 0.486. The molecular formula is C35H39F6N5O6. The summed E-state index contributed by atoms with van der Waals surface area (Å²) in [7, 11) is 1.41. The van der Waals surface area contributed by atoms with Crippen LogP contribution in [0.5, 0.6) is 5.88 Å². The molecule has 4 heterocycles. The first-order valence-corrected chi connectivity index (χ1v) is 16.5. The maximum Gasteiger partial charge on any atom is 0.416 e. The fourth-order valence-electron chi connectivity index (χ4n) is 6.07. The standard InChI is InChI=1S/C35H39F6N5O6/c1-5-24-17-26(29-27(6-7-28(44-29)50-4)46(24)32(49)52-19-33(2,3)31(47)48)43-30-21(15-25(18-42-30)45-8-10-51-11-9-45)12-20-13-22(34(36,37)38)16-23(14-20)35(39,40)41/h6-7,13-16,18,24,26H,5,8-12,17,19H2,1-4H3,(H,42,43)(H,47,48)/t24-,26+/m1/s1. The smallest absolute Gasteiger partial charge is 0.416 e. The van der Waals surface area contributed by atoms with Gasteiger partial charge in [0.25, 0.3) is 0 Å². The number of aliphatic carboxylic acids is 1. The highest BCUT2D eigenvalue weighted by molar-refractivity contribution is 5.90. The second-order valence-corrected chi connectivity index (χ2v) is 13.3. The molecule has 0 spiro atoms. The number of amides is 1. The van der Waals surface area contributed by atoms with E-state index in [9.17, 15) is 41.0 Å². The molecule has 0 radical (unpaired) electrons. The summed E-state index contributed by atoms with van der Waals surface area (Å²) in [6.45, 7) is 6.15. The Labute approximate surface area is 295 Å². The minimum absolute atomic E-state index is 0.0907. The number of nitrogens with zero attached hydrogens (tertiary/aromatic N) is 4. The van der Waals surface area contributed by atoms with E-state index in [1.54, 1.807) is 24.4 Å². The molecule has 2 atom stereocenters. The van der Waals surface area contributed by atoms with E-state index in [1.807, 2.05) is 11.8 Å². The van der Waals surface area contributed by atoms with E-state index in [0.29, 0.717) is 67.5 Å². The molecule has 52 heavy (non-hydrogen) atoms. The van der Waals surface area contributed by atoms with Crippen LogP contribution in [0.4, 0.5) is 48.3 Å². The highest BCUT2D eigenvalue weighted by Gasteiger charge is 2.40. The predicted molar refractivity (Wildman–Crippen MR) is 178 cm³/mol. The molecule has 0 saturated carbocycles. The van der Waals surface area contributed by atoms with Gasteiger partial charge in [-0.05, 0) is 62.6 Å². The molecule has 0 unspecified atom stereocenters. The van der Waals surface area contributed by atoms with Crippen molar-refractivity contribution in [1.82, 2.24) is 9.97 Å². The van der Waals surface area contributed by atoms with Crippen molar-refractivity contribution in [2.24, 2.45) is 5.41 Å². The van der Waals surface area contributed by atoms with Crippen LogP contribution in [0, 0.1) is 5.41 Å². The van der Waals surface area contributed by atoms with E-state index >= 15 is 0 Å². The van der Waals surface area contributed by atoms with E-state index < -0.39 is 59.6 Å². The van der Waals surface area contributed by atoms with Crippen molar-refractivity contribution in [1.29, 1.82) is 0 Å². The van der Waals surface area contributed by atoms with Gasteiger partial charge in [-0.1, -0.05) is 6.92 Å². The fourth-order valence-corrected chi connectivity index (χ4v) is 6.07. The molecule has 2 aromatic heterocycles. The van der Waals surface area contributed by atoms with E-state index in [0.717, 1.165) is 0 Å². The number of aromatic nitrogens is 2. The highest BCUT2D eigenvalue weighted by atomic mass is 19.4. The number of nitrogens with one attached hydrogen (secondary N) is 1. The van der Waals surface area contributed by atoms with Crippen molar-refractivity contribution in [3.63, 3.8) is 0 Å². The van der Waals surface area contributed by atoms with Crippen LogP contribution in [0.25, 0.3) is 0 Å². The number of anilines is 3. The number of pyridine rings is 2. The lowest BCUT2D eigenvalue weighted by atomic mass is 9.93. The van der Waals surface area contributed by atoms with Gasteiger partial charge in [-0.2, -0.15) is 26.3 Å². The summed E-state index contributed by atoms with van der Waals surface area (Å²) in [5.41, 5.74) is -2.81. The normalized spacial score (nSPS) is 18.1. The number of morpholine rings is 1. The molecule has 1 fully saturated rings. The summed E-state index contributed by atoms with van der Waals surface area (Å²) in [6.07, 6.45) is -8.93. The molecule has 1 amide bonds. The SMILES string of the molecule is CC[C@@H]1C[C@H](Nc2ncc(N3CCOCC3)cc2Cc2cc(C(F)(F)F)cc(C(F)(F)F)c2)c2nc(OC)ccc2N1C(=O)OCC(C)(C)C(=O)O. The van der Waals surface area contributed by atoms with Crippen molar-refractivity contribution in [3.05, 3.63) is 70.5 Å². The summed E-state index contributed by atoms with van der Waals surface area (Å²) < 4.78 is 99.0. The Morgan fingerprint density at radius 1 is 1.02 bits per heavy atom. The zero-order valence-corrected chi connectivity index (χ0v) is 28.9. The van der Waals surface area contributed by atoms with Crippen molar-refractivity contribution >= 4 is 29.3 Å². The van der Waals surface area contributed by atoms with E-state index in [-0.39, 0.29) is 36.2 Å². The lowest BCUT2D eigenvalue weighted by molar-refractivity contribution is -0.149. The average molecular weight is 740 g/mol. The van der Waals surface area contributed by atoms with Crippen LogP contribution < -0.4 is 19.9 Å². The Hall–Kier alpha value is -4.80. The first kappa shape index (κ1) is 38.4. The van der Waals surface area contributed by atoms with Gasteiger partial charge < -0.3 is 29.5 Å². The Morgan fingerprint density at radius 2 is 1.67 bits per heavy atom. The number of carbonyl (C=O) groups is 2.